The van der Waals surface area contributed by atoms with Gasteiger partial charge in [-0.3, -0.25) is 4.79 Å². The molecule has 0 aliphatic carbocycles. The molecule has 0 fully saturated rings. The molecule has 8 heteroatoms. The first-order chi connectivity index (χ1) is 9.88. The van der Waals surface area contributed by atoms with E-state index in [1.165, 1.54) is 18.2 Å². The van der Waals surface area contributed by atoms with Gasteiger partial charge in [0.1, 0.15) is 15.7 Å². The first kappa shape index (κ1) is 15.6. The first-order valence-corrected chi connectivity index (χ1v) is 7.42. The van der Waals surface area contributed by atoms with Gasteiger partial charge in [0.25, 0.3) is 5.91 Å². The molecule has 0 radical (unpaired) electrons. The summed E-state index contributed by atoms with van der Waals surface area (Å²) in [7, 11) is 0. The molecule has 1 aromatic carbocycles. The van der Waals surface area contributed by atoms with Gasteiger partial charge in [0.05, 0.1) is 17.8 Å². The SMILES string of the molecule is Cc1nc(CNC(=O)c2cc(Br)ccc2F)sc1C(=O)O. The molecule has 5 nitrogen and oxygen atoms in total. The lowest BCUT2D eigenvalue weighted by Crippen LogP contribution is -2.23. The molecule has 0 aliphatic rings. The Morgan fingerprint density at radius 1 is 1.48 bits per heavy atom. The number of benzene rings is 1. The minimum atomic E-state index is -1.05. The Bertz CT molecular complexity index is 717. The van der Waals surface area contributed by atoms with Crippen molar-refractivity contribution in [3.05, 3.63) is 49.6 Å². The summed E-state index contributed by atoms with van der Waals surface area (Å²) in [6.45, 7) is 1.63. The van der Waals surface area contributed by atoms with Crippen molar-refractivity contribution in [2.75, 3.05) is 0 Å². The molecule has 1 amide bonds. The smallest absolute Gasteiger partial charge is 0.347 e. The van der Waals surface area contributed by atoms with Crippen LogP contribution in [0.2, 0.25) is 0 Å². The number of aromatic carboxylic acids is 1. The number of hydrogen-bond acceptors (Lipinski definition) is 4. The molecule has 2 aromatic rings. The molecule has 110 valence electrons. The summed E-state index contributed by atoms with van der Waals surface area (Å²) < 4.78 is 14.1. The monoisotopic (exact) mass is 372 g/mol. The average Bonchev–Trinajstić information content (AvgIpc) is 2.80. The lowest BCUT2D eigenvalue weighted by Gasteiger charge is -2.04. The normalized spacial score (nSPS) is 10.4. The van der Waals surface area contributed by atoms with Gasteiger partial charge >= 0.3 is 5.97 Å². The van der Waals surface area contributed by atoms with Crippen LogP contribution in [0.3, 0.4) is 0 Å². The molecular weight excluding hydrogens is 363 g/mol. The van der Waals surface area contributed by atoms with Gasteiger partial charge in [0.2, 0.25) is 0 Å². The number of carbonyl (C=O) groups is 2. The number of carboxylic acid groups (broad SMARTS) is 1. The van der Waals surface area contributed by atoms with Crippen LogP contribution in [0.4, 0.5) is 4.39 Å². The van der Waals surface area contributed by atoms with Gasteiger partial charge in [0.15, 0.2) is 0 Å². The van der Waals surface area contributed by atoms with E-state index >= 15 is 0 Å². The van der Waals surface area contributed by atoms with Gasteiger partial charge in [0, 0.05) is 4.47 Å². The highest BCUT2D eigenvalue weighted by molar-refractivity contribution is 9.10. The lowest BCUT2D eigenvalue weighted by atomic mass is 10.2. The number of carboxylic acids is 1. The number of aromatic nitrogens is 1. The third kappa shape index (κ3) is 3.64. The van der Waals surface area contributed by atoms with Crippen LogP contribution in [-0.2, 0) is 6.54 Å². The molecule has 1 aromatic heterocycles. The summed E-state index contributed by atoms with van der Waals surface area (Å²) in [5, 5.41) is 11.9. The topological polar surface area (TPSA) is 79.3 Å². The Morgan fingerprint density at radius 3 is 2.81 bits per heavy atom. The van der Waals surface area contributed by atoms with E-state index in [9.17, 15) is 14.0 Å². The highest BCUT2D eigenvalue weighted by Crippen LogP contribution is 2.19. The number of thiazole rings is 1. The van der Waals surface area contributed by atoms with Crippen molar-refractivity contribution in [1.29, 1.82) is 0 Å². The van der Waals surface area contributed by atoms with E-state index in [0.29, 0.717) is 15.2 Å². The van der Waals surface area contributed by atoms with Crippen molar-refractivity contribution < 1.29 is 19.1 Å². The van der Waals surface area contributed by atoms with Crippen LogP contribution in [0.25, 0.3) is 0 Å². The van der Waals surface area contributed by atoms with Crippen LogP contribution >= 0.6 is 27.3 Å². The number of nitrogens with zero attached hydrogens (tertiary/aromatic N) is 1. The van der Waals surface area contributed by atoms with E-state index in [1.54, 1.807) is 6.92 Å². The summed E-state index contributed by atoms with van der Waals surface area (Å²) in [6.07, 6.45) is 0. The van der Waals surface area contributed by atoms with Gasteiger partial charge in [-0.15, -0.1) is 11.3 Å². The predicted molar refractivity (Wildman–Crippen MR) is 79.1 cm³/mol. The summed E-state index contributed by atoms with van der Waals surface area (Å²) in [6, 6.07) is 4.06. The zero-order valence-corrected chi connectivity index (χ0v) is 13.2. The van der Waals surface area contributed by atoms with Crippen molar-refractivity contribution in [1.82, 2.24) is 10.3 Å². The van der Waals surface area contributed by atoms with E-state index in [4.69, 9.17) is 5.11 Å². The van der Waals surface area contributed by atoms with Gasteiger partial charge in [-0.2, -0.15) is 0 Å². The van der Waals surface area contributed by atoms with Crippen molar-refractivity contribution in [2.45, 2.75) is 13.5 Å². The summed E-state index contributed by atoms with van der Waals surface area (Å²) in [5.74, 6) is -2.27. The van der Waals surface area contributed by atoms with Crippen molar-refractivity contribution >= 4 is 39.1 Å². The molecule has 21 heavy (non-hydrogen) atoms. The summed E-state index contributed by atoms with van der Waals surface area (Å²) in [4.78, 5) is 27.0. The number of amides is 1. The zero-order chi connectivity index (χ0) is 15.6. The molecule has 0 atom stereocenters. The fourth-order valence-electron chi connectivity index (χ4n) is 1.65. The molecule has 0 bridgehead atoms. The molecule has 0 aliphatic heterocycles. The van der Waals surface area contributed by atoms with Gasteiger partial charge in [-0.1, -0.05) is 15.9 Å². The fraction of sp³-hybridized carbons (Fsp3) is 0.154. The zero-order valence-electron chi connectivity index (χ0n) is 10.8. The number of hydrogen-bond donors (Lipinski definition) is 2. The maximum Gasteiger partial charge on any atom is 0.347 e. The lowest BCUT2D eigenvalue weighted by molar-refractivity contribution is 0.0701. The number of rotatable bonds is 4. The van der Waals surface area contributed by atoms with Crippen molar-refractivity contribution in [2.24, 2.45) is 0 Å². The van der Waals surface area contributed by atoms with E-state index in [0.717, 1.165) is 11.3 Å². The van der Waals surface area contributed by atoms with Crippen LogP contribution in [0.15, 0.2) is 22.7 Å². The maximum atomic E-state index is 13.5. The fourth-order valence-corrected chi connectivity index (χ4v) is 2.85. The molecule has 0 spiro atoms. The third-order valence-corrected chi connectivity index (χ3v) is 4.25. The quantitative estimate of drug-likeness (QED) is 0.864. The Labute approximate surface area is 132 Å². The van der Waals surface area contributed by atoms with Crippen LogP contribution in [-0.4, -0.2) is 22.0 Å². The average molecular weight is 373 g/mol. The van der Waals surface area contributed by atoms with Crippen LogP contribution in [0, 0.1) is 12.7 Å². The predicted octanol–water partition coefficient (Wildman–Crippen LogP) is 2.98. The second-order valence-corrected chi connectivity index (χ2v) is 6.13. The number of carbonyl (C=O) groups excluding carboxylic acids is 1. The largest absolute Gasteiger partial charge is 0.477 e. The molecule has 2 rings (SSSR count). The van der Waals surface area contributed by atoms with Gasteiger partial charge in [-0.05, 0) is 25.1 Å². The van der Waals surface area contributed by atoms with Gasteiger partial charge in [-0.25, -0.2) is 14.2 Å². The van der Waals surface area contributed by atoms with E-state index in [-0.39, 0.29) is 17.0 Å². The van der Waals surface area contributed by atoms with Crippen molar-refractivity contribution in [3.8, 4) is 0 Å². The van der Waals surface area contributed by atoms with E-state index in [2.05, 4.69) is 26.2 Å². The molecule has 0 unspecified atom stereocenters. The minimum absolute atomic E-state index is 0.0452. The highest BCUT2D eigenvalue weighted by atomic mass is 79.9. The Morgan fingerprint density at radius 2 is 2.19 bits per heavy atom. The second kappa shape index (κ2) is 6.31. The standard InChI is InChI=1S/C13H10BrFN2O3S/c1-6-11(13(19)20)21-10(17-6)5-16-12(18)8-4-7(14)2-3-9(8)15/h2-4H,5H2,1H3,(H,16,18)(H,19,20). The van der Waals surface area contributed by atoms with Crippen LogP contribution in [0.5, 0.6) is 0 Å². The summed E-state index contributed by atoms with van der Waals surface area (Å²) >= 11 is 4.15. The Balaban J connectivity index is 2.09. The van der Waals surface area contributed by atoms with Gasteiger partial charge < -0.3 is 10.4 Å². The number of halogens is 2. The minimum Gasteiger partial charge on any atom is -0.477 e. The van der Waals surface area contributed by atoms with Crippen LogP contribution < -0.4 is 5.32 Å². The molecule has 1 heterocycles. The Kier molecular flexibility index (Phi) is 4.69. The number of nitrogens with one attached hydrogen (secondary N) is 1. The maximum absolute atomic E-state index is 13.5. The van der Waals surface area contributed by atoms with Crippen LogP contribution in [0.1, 0.15) is 30.7 Å². The molecule has 0 saturated carbocycles. The molecule has 0 saturated heterocycles. The van der Waals surface area contributed by atoms with E-state index in [1.807, 2.05) is 0 Å². The molecule has 2 N–H and O–H groups in total. The highest BCUT2D eigenvalue weighted by Gasteiger charge is 2.16. The molecular formula is C13H10BrFN2O3S. The first-order valence-electron chi connectivity index (χ1n) is 5.81. The number of aryl methyl sites for hydroxylation is 1. The van der Waals surface area contributed by atoms with Crippen molar-refractivity contribution in [3.63, 3.8) is 0 Å². The summed E-state index contributed by atoms with van der Waals surface area (Å²) in [5.41, 5.74) is 0.307. The Hall–Kier alpha value is -1.80. The third-order valence-electron chi connectivity index (χ3n) is 2.61. The van der Waals surface area contributed by atoms with E-state index < -0.39 is 17.7 Å². The second-order valence-electron chi connectivity index (χ2n) is 4.13.